The molecule has 166 valence electrons. The quantitative estimate of drug-likeness (QED) is 0.616. The normalized spacial score (nSPS) is 14.4. The van der Waals surface area contributed by atoms with Crippen LogP contribution in [0, 0.1) is 5.82 Å². The van der Waals surface area contributed by atoms with Crippen LogP contribution in [-0.2, 0) is 11.2 Å². The van der Waals surface area contributed by atoms with Crippen LogP contribution >= 0.6 is 0 Å². The fourth-order valence-corrected chi connectivity index (χ4v) is 3.63. The van der Waals surface area contributed by atoms with Crippen molar-refractivity contribution in [2.75, 3.05) is 42.9 Å². The number of aryl methyl sites for hydroxylation is 1. The van der Waals surface area contributed by atoms with Crippen LogP contribution in [0.1, 0.15) is 12.6 Å². The van der Waals surface area contributed by atoms with Crippen molar-refractivity contribution in [3.05, 3.63) is 70.5 Å². The second-order valence-electron chi connectivity index (χ2n) is 7.64. The maximum absolute atomic E-state index is 13.7. The van der Waals surface area contributed by atoms with E-state index in [0.29, 0.717) is 25.3 Å². The van der Waals surface area contributed by atoms with Crippen LogP contribution in [0.25, 0.3) is 11.4 Å². The topological polar surface area (TPSA) is 94.2 Å². The second kappa shape index (κ2) is 9.69. The Morgan fingerprint density at radius 1 is 1.16 bits per heavy atom. The van der Waals surface area contributed by atoms with Gasteiger partial charge in [-0.1, -0.05) is 19.1 Å². The number of hydrogen-bond acceptors (Lipinski definition) is 6. The van der Waals surface area contributed by atoms with Crippen LogP contribution in [-0.4, -0.2) is 58.5 Å². The number of H-pyrrole nitrogens is 1. The molecule has 8 nitrogen and oxygen atoms in total. The van der Waals surface area contributed by atoms with Crippen molar-refractivity contribution in [1.29, 1.82) is 0 Å². The van der Waals surface area contributed by atoms with Gasteiger partial charge in [-0.25, -0.2) is 14.4 Å². The zero-order chi connectivity index (χ0) is 22.5. The molecule has 1 aliphatic rings. The van der Waals surface area contributed by atoms with E-state index in [4.69, 9.17) is 0 Å². The van der Waals surface area contributed by atoms with Gasteiger partial charge in [-0.15, -0.1) is 0 Å². The van der Waals surface area contributed by atoms with Crippen molar-refractivity contribution in [3.63, 3.8) is 0 Å². The molecule has 0 radical (unpaired) electrons. The molecule has 1 aromatic carbocycles. The highest BCUT2D eigenvalue weighted by Crippen LogP contribution is 2.19. The van der Waals surface area contributed by atoms with Gasteiger partial charge in [-0.2, -0.15) is 0 Å². The Kier molecular flexibility index (Phi) is 6.55. The van der Waals surface area contributed by atoms with Gasteiger partial charge in [0, 0.05) is 49.7 Å². The fraction of sp³-hybridized carbons (Fsp3) is 0.304. The van der Waals surface area contributed by atoms with E-state index in [9.17, 15) is 14.0 Å². The lowest BCUT2D eigenvalue weighted by Gasteiger charge is -2.35. The number of benzene rings is 1. The van der Waals surface area contributed by atoms with E-state index < -0.39 is 5.82 Å². The molecule has 1 aliphatic heterocycles. The lowest BCUT2D eigenvalue weighted by Crippen LogP contribution is -2.48. The summed E-state index contributed by atoms with van der Waals surface area (Å²) < 4.78 is 13.7. The Hall–Kier alpha value is -3.59. The van der Waals surface area contributed by atoms with Gasteiger partial charge >= 0.3 is 0 Å². The number of nitrogens with one attached hydrogen (secondary N) is 2. The SMILES string of the molecule is CCc1cc(=O)[nH]c(-c2ccc(N3CCN(CC(=O)Nc4ccccc4F)CC3)nc2)n1. The molecule has 3 aromatic rings. The van der Waals surface area contributed by atoms with Crippen molar-refractivity contribution in [2.24, 2.45) is 0 Å². The van der Waals surface area contributed by atoms with E-state index in [1.165, 1.54) is 12.1 Å². The van der Waals surface area contributed by atoms with Gasteiger partial charge in [0.15, 0.2) is 0 Å². The number of carbonyl (C=O) groups excluding carboxylic acids is 1. The summed E-state index contributed by atoms with van der Waals surface area (Å²) in [5, 5.41) is 2.62. The molecule has 0 bridgehead atoms. The average Bonchev–Trinajstić information content (AvgIpc) is 2.81. The predicted molar refractivity (Wildman–Crippen MR) is 121 cm³/mol. The van der Waals surface area contributed by atoms with Crippen LogP contribution in [0.3, 0.4) is 0 Å². The third kappa shape index (κ3) is 5.17. The van der Waals surface area contributed by atoms with Gasteiger partial charge in [0.05, 0.1) is 12.2 Å². The Morgan fingerprint density at radius 3 is 2.62 bits per heavy atom. The summed E-state index contributed by atoms with van der Waals surface area (Å²) in [6.07, 6.45) is 2.40. The lowest BCUT2D eigenvalue weighted by atomic mass is 10.2. The fourth-order valence-electron chi connectivity index (χ4n) is 3.63. The van der Waals surface area contributed by atoms with Gasteiger partial charge in [0.1, 0.15) is 17.5 Å². The highest BCUT2D eigenvalue weighted by molar-refractivity contribution is 5.92. The van der Waals surface area contributed by atoms with E-state index in [2.05, 4.69) is 25.2 Å². The van der Waals surface area contributed by atoms with Crippen LogP contribution in [0.2, 0.25) is 0 Å². The highest BCUT2D eigenvalue weighted by atomic mass is 19.1. The molecule has 0 saturated carbocycles. The summed E-state index contributed by atoms with van der Waals surface area (Å²) in [6, 6.07) is 11.4. The standard InChI is InChI=1S/C23H25FN6O2/c1-2-17-13-21(31)28-23(26-17)16-7-8-20(25-14-16)30-11-9-29(10-12-30)15-22(32)27-19-6-4-3-5-18(19)24/h3-8,13-14H,2,9-12,15H2,1H3,(H,27,32)(H,26,28,31). The molecule has 0 unspecified atom stereocenters. The largest absolute Gasteiger partial charge is 0.354 e. The molecule has 9 heteroatoms. The number of pyridine rings is 1. The van der Waals surface area contributed by atoms with E-state index in [-0.39, 0.29) is 23.7 Å². The first kappa shape index (κ1) is 21.6. The number of nitrogens with zero attached hydrogens (tertiary/aromatic N) is 4. The lowest BCUT2D eigenvalue weighted by molar-refractivity contribution is -0.117. The predicted octanol–water partition coefficient (Wildman–Crippen LogP) is 2.29. The molecule has 0 atom stereocenters. The van der Waals surface area contributed by atoms with Gasteiger partial charge in [-0.05, 0) is 30.7 Å². The third-order valence-electron chi connectivity index (χ3n) is 5.39. The van der Waals surface area contributed by atoms with E-state index in [1.54, 1.807) is 24.4 Å². The van der Waals surface area contributed by atoms with Crippen LogP contribution in [0.4, 0.5) is 15.9 Å². The van der Waals surface area contributed by atoms with Gasteiger partial charge < -0.3 is 15.2 Å². The first-order valence-electron chi connectivity index (χ1n) is 10.6. The van der Waals surface area contributed by atoms with Crippen LogP contribution in [0.15, 0.2) is 53.5 Å². The number of amides is 1. The second-order valence-corrected chi connectivity index (χ2v) is 7.64. The first-order valence-corrected chi connectivity index (χ1v) is 10.6. The van der Waals surface area contributed by atoms with Gasteiger partial charge in [-0.3, -0.25) is 14.5 Å². The van der Waals surface area contributed by atoms with Crippen molar-refractivity contribution in [3.8, 4) is 11.4 Å². The van der Waals surface area contributed by atoms with Crippen LogP contribution in [0.5, 0.6) is 0 Å². The Balaban J connectivity index is 1.32. The summed E-state index contributed by atoms with van der Waals surface area (Å²) in [5.74, 6) is 0.667. The van der Waals surface area contributed by atoms with E-state index in [1.807, 2.05) is 24.0 Å². The number of halogens is 1. The van der Waals surface area contributed by atoms with Crippen molar-refractivity contribution in [2.45, 2.75) is 13.3 Å². The Bertz CT molecular complexity index is 1140. The summed E-state index contributed by atoms with van der Waals surface area (Å²) in [4.78, 5) is 40.0. The summed E-state index contributed by atoms with van der Waals surface area (Å²) in [7, 11) is 0. The number of aromatic nitrogens is 3. The van der Waals surface area contributed by atoms with Crippen molar-refractivity contribution < 1.29 is 9.18 Å². The number of rotatable bonds is 6. The Labute approximate surface area is 185 Å². The Morgan fingerprint density at radius 2 is 1.94 bits per heavy atom. The minimum atomic E-state index is -0.444. The molecule has 2 aromatic heterocycles. The zero-order valence-corrected chi connectivity index (χ0v) is 17.8. The monoisotopic (exact) mass is 436 g/mol. The molecule has 0 spiro atoms. The minimum absolute atomic E-state index is 0.175. The zero-order valence-electron chi connectivity index (χ0n) is 17.8. The third-order valence-corrected chi connectivity index (χ3v) is 5.39. The molecule has 1 amide bonds. The summed E-state index contributed by atoms with van der Waals surface area (Å²) >= 11 is 0. The number of aromatic amines is 1. The van der Waals surface area contributed by atoms with Gasteiger partial charge in [0.2, 0.25) is 5.91 Å². The number of anilines is 2. The van der Waals surface area contributed by atoms with E-state index in [0.717, 1.165) is 30.2 Å². The summed E-state index contributed by atoms with van der Waals surface area (Å²) in [5.41, 5.74) is 1.51. The molecule has 1 fully saturated rings. The molecule has 3 heterocycles. The maximum atomic E-state index is 13.7. The maximum Gasteiger partial charge on any atom is 0.251 e. The molecule has 32 heavy (non-hydrogen) atoms. The number of piperazine rings is 1. The first-order chi connectivity index (χ1) is 15.5. The van der Waals surface area contributed by atoms with E-state index >= 15 is 0 Å². The molecule has 4 rings (SSSR count). The molecular weight excluding hydrogens is 411 g/mol. The molecular formula is C23H25FN6O2. The molecule has 1 saturated heterocycles. The molecule has 0 aliphatic carbocycles. The smallest absolute Gasteiger partial charge is 0.251 e. The number of para-hydroxylation sites is 1. The highest BCUT2D eigenvalue weighted by Gasteiger charge is 2.20. The van der Waals surface area contributed by atoms with Crippen LogP contribution < -0.4 is 15.8 Å². The number of hydrogen-bond donors (Lipinski definition) is 2. The molecule has 2 N–H and O–H groups in total. The summed E-state index contributed by atoms with van der Waals surface area (Å²) in [6.45, 7) is 5.00. The van der Waals surface area contributed by atoms with Crippen molar-refractivity contribution in [1.82, 2.24) is 19.9 Å². The number of carbonyl (C=O) groups is 1. The van der Waals surface area contributed by atoms with Crippen molar-refractivity contribution >= 4 is 17.4 Å². The average molecular weight is 436 g/mol. The van der Waals surface area contributed by atoms with Gasteiger partial charge in [0.25, 0.3) is 5.56 Å². The minimum Gasteiger partial charge on any atom is -0.354 e.